The van der Waals surface area contributed by atoms with Gasteiger partial charge in [0, 0.05) is 19.5 Å². The molecule has 0 aliphatic carbocycles. The maximum Gasteiger partial charge on any atom is 0.270 e. The Bertz CT molecular complexity index is 1270. The lowest BCUT2D eigenvalue weighted by Gasteiger charge is -2.30. The predicted octanol–water partition coefficient (Wildman–Crippen LogP) is 4.18. The molecule has 0 radical (unpaired) electrons. The highest BCUT2D eigenvalue weighted by Gasteiger charge is 2.54. The molecule has 0 bridgehead atoms. The van der Waals surface area contributed by atoms with E-state index in [0.29, 0.717) is 31.6 Å². The summed E-state index contributed by atoms with van der Waals surface area (Å²) in [6.45, 7) is 5.08. The summed E-state index contributed by atoms with van der Waals surface area (Å²) in [5.41, 5.74) is 0.438. The van der Waals surface area contributed by atoms with E-state index in [1.807, 2.05) is 31.2 Å². The number of fused-ring (bicyclic) bond motifs is 2. The summed E-state index contributed by atoms with van der Waals surface area (Å²) in [7, 11) is -4.09. The van der Waals surface area contributed by atoms with E-state index in [-0.39, 0.29) is 23.2 Å². The molecule has 0 aromatic heterocycles. The molecule has 3 aliphatic rings. The summed E-state index contributed by atoms with van der Waals surface area (Å²) in [4.78, 5) is 30.9. The highest BCUT2D eigenvalue weighted by molar-refractivity contribution is 7.89. The average molecular weight is 532 g/mol. The van der Waals surface area contributed by atoms with Crippen LogP contribution in [0.2, 0.25) is 0 Å². The Morgan fingerprint density at radius 1 is 1.03 bits per heavy atom. The average Bonchev–Trinajstić information content (AvgIpc) is 3.41. The fourth-order valence-corrected chi connectivity index (χ4v) is 7.30. The zero-order chi connectivity index (χ0) is 24.6. The number of sulfonamides is 1. The number of rotatable bonds is 7. The minimum atomic E-state index is -4.09. The predicted molar refractivity (Wildman–Crippen MR) is 142 cm³/mol. The SMILES string of the molecule is CCC[C@H]1C(=O)N(S(=O)(=O)c2ccc3ccccc3c2)C2=CCN(C(=O)CCN3CCCCC3)[C@@H]21.Cl. The van der Waals surface area contributed by atoms with Crippen LogP contribution in [-0.4, -0.2) is 66.6 Å². The van der Waals surface area contributed by atoms with Crippen molar-refractivity contribution < 1.29 is 18.0 Å². The molecular formula is C27H34ClN3O4S. The Kier molecular flexibility index (Phi) is 8.07. The van der Waals surface area contributed by atoms with Crippen molar-refractivity contribution in [2.75, 3.05) is 26.2 Å². The van der Waals surface area contributed by atoms with E-state index in [1.54, 1.807) is 29.2 Å². The maximum atomic E-state index is 13.7. The van der Waals surface area contributed by atoms with Crippen molar-refractivity contribution in [1.82, 2.24) is 14.1 Å². The number of halogens is 1. The highest BCUT2D eigenvalue weighted by Crippen LogP contribution is 2.42. The van der Waals surface area contributed by atoms with Gasteiger partial charge in [-0.25, -0.2) is 12.7 Å². The number of likely N-dealkylation sites (tertiary alicyclic amines) is 1. The molecular weight excluding hydrogens is 498 g/mol. The Morgan fingerprint density at radius 2 is 1.75 bits per heavy atom. The molecule has 5 rings (SSSR count). The minimum Gasteiger partial charge on any atom is -0.329 e. The van der Waals surface area contributed by atoms with Crippen molar-refractivity contribution >= 4 is 45.0 Å². The summed E-state index contributed by atoms with van der Waals surface area (Å²) >= 11 is 0. The van der Waals surface area contributed by atoms with Crippen molar-refractivity contribution in [3.8, 4) is 0 Å². The molecule has 0 unspecified atom stereocenters. The first-order valence-electron chi connectivity index (χ1n) is 12.7. The Morgan fingerprint density at radius 3 is 2.47 bits per heavy atom. The third-order valence-electron chi connectivity index (χ3n) is 7.54. The maximum absolute atomic E-state index is 13.7. The molecule has 36 heavy (non-hydrogen) atoms. The second kappa shape index (κ2) is 10.9. The molecule has 2 atom stereocenters. The van der Waals surface area contributed by atoms with Gasteiger partial charge in [-0.05, 0) is 61.3 Å². The van der Waals surface area contributed by atoms with Gasteiger partial charge >= 0.3 is 0 Å². The van der Waals surface area contributed by atoms with Gasteiger partial charge in [0.1, 0.15) is 0 Å². The Labute approximate surface area is 219 Å². The number of nitrogens with zero attached hydrogens (tertiary/aromatic N) is 3. The highest BCUT2D eigenvalue weighted by atomic mass is 35.5. The van der Waals surface area contributed by atoms with E-state index in [2.05, 4.69) is 4.90 Å². The van der Waals surface area contributed by atoms with Crippen LogP contribution in [0.25, 0.3) is 10.8 Å². The molecule has 0 saturated carbocycles. The molecule has 2 amide bonds. The lowest BCUT2D eigenvalue weighted by molar-refractivity contribution is -0.134. The zero-order valence-corrected chi connectivity index (χ0v) is 22.3. The second-order valence-electron chi connectivity index (χ2n) is 9.78. The third-order valence-corrected chi connectivity index (χ3v) is 9.26. The molecule has 3 heterocycles. The van der Waals surface area contributed by atoms with E-state index < -0.39 is 27.9 Å². The summed E-state index contributed by atoms with van der Waals surface area (Å²) in [6, 6.07) is 12.0. The lowest BCUT2D eigenvalue weighted by Crippen LogP contribution is -2.42. The standard InChI is InChI=1S/C27H33N3O4S.ClH/c1-2-8-23-26-24(13-18-29(26)25(31)14-17-28-15-6-3-7-16-28)30(27(23)32)35(33,34)22-12-11-20-9-4-5-10-21(20)19-22;/h4-5,9-13,19,23,26H,2-3,6-8,14-18H2,1H3;1H/t23-,26-;/m1./s1. The van der Waals surface area contributed by atoms with Gasteiger partial charge in [0.25, 0.3) is 10.0 Å². The molecule has 2 aromatic carbocycles. The van der Waals surface area contributed by atoms with Crippen LogP contribution in [0.4, 0.5) is 0 Å². The second-order valence-corrected chi connectivity index (χ2v) is 11.6. The van der Waals surface area contributed by atoms with Gasteiger partial charge in [0.05, 0.1) is 22.6 Å². The van der Waals surface area contributed by atoms with Crippen LogP contribution in [-0.2, 0) is 19.6 Å². The fraction of sp³-hybridized carbons (Fsp3) is 0.481. The first kappa shape index (κ1) is 26.6. The van der Waals surface area contributed by atoms with Gasteiger partial charge < -0.3 is 9.80 Å². The summed E-state index contributed by atoms with van der Waals surface area (Å²) < 4.78 is 28.5. The molecule has 194 valence electrons. The molecule has 3 aliphatic heterocycles. The van der Waals surface area contributed by atoms with Crippen molar-refractivity contribution in [1.29, 1.82) is 0 Å². The third kappa shape index (κ3) is 4.78. The van der Waals surface area contributed by atoms with Gasteiger partial charge in [0.2, 0.25) is 11.8 Å². The van der Waals surface area contributed by atoms with Crippen LogP contribution in [0.1, 0.15) is 45.4 Å². The van der Waals surface area contributed by atoms with Gasteiger partial charge in [0.15, 0.2) is 0 Å². The van der Waals surface area contributed by atoms with Crippen LogP contribution in [0.3, 0.4) is 0 Å². The molecule has 0 spiro atoms. The largest absolute Gasteiger partial charge is 0.329 e. The number of piperidine rings is 1. The van der Waals surface area contributed by atoms with Gasteiger partial charge in [-0.15, -0.1) is 12.4 Å². The molecule has 2 fully saturated rings. The minimum absolute atomic E-state index is 0. The quantitative estimate of drug-likeness (QED) is 0.535. The smallest absolute Gasteiger partial charge is 0.270 e. The monoisotopic (exact) mass is 531 g/mol. The van der Waals surface area contributed by atoms with Crippen LogP contribution >= 0.6 is 12.4 Å². The number of carbonyl (C=O) groups is 2. The van der Waals surface area contributed by atoms with E-state index >= 15 is 0 Å². The van der Waals surface area contributed by atoms with Crippen molar-refractivity contribution in [2.45, 2.75) is 56.4 Å². The Hall–Kier alpha value is -2.42. The lowest BCUT2D eigenvalue weighted by atomic mass is 9.96. The molecule has 0 N–H and O–H groups in total. The summed E-state index contributed by atoms with van der Waals surface area (Å²) in [6.07, 6.45) is 7.01. The van der Waals surface area contributed by atoms with Crippen LogP contribution in [0.15, 0.2) is 59.1 Å². The van der Waals surface area contributed by atoms with Gasteiger partial charge in [-0.2, -0.15) is 0 Å². The first-order valence-corrected chi connectivity index (χ1v) is 14.2. The van der Waals surface area contributed by atoms with E-state index in [9.17, 15) is 18.0 Å². The normalized spacial score (nSPS) is 22.5. The van der Waals surface area contributed by atoms with Gasteiger partial charge in [-0.3, -0.25) is 9.59 Å². The summed E-state index contributed by atoms with van der Waals surface area (Å²) in [5.74, 6) is -0.974. The van der Waals surface area contributed by atoms with E-state index in [4.69, 9.17) is 0 Å². The number of benzene rings is 2. The fourth-order valence-electron chi connectivity index (χ4n) is 5.75. The van der Waals surface area contributed by atoms with E-state index in [1.165, 1.54) is 19.3 Å². The zero-order valence-electron chi connectivity index (χ0n) is 20.6. The Balaban J connectivity index is 0.00000304. The van der Waals surface area contributed by atoms with E-state index in [0.717, 1.165) is 34.6 Å². The summed E-state index contributed by atoms with van der Waals surface area (Å²) in [5, 5.41) is 1.74. The molecule has 2 saturated heterocycles. The molecule has 2 aromatic rings. The van der Waals surface area contributed by atoms with Crippen LogP contribution < -0.4 is 0 Å². The van der Waals surface area contributed by atoms with Gasteiger partial charge in [-0.1, -0.05) is 50.1 Å². The molecule has 7 nitrogen and oxygen atoms in total. The van der Waals surface area contributed by atoms with Crippen molar-refractivity contribution in [3.63, 3.8) is 0 Å². The van der Waals surface area contributed by atoms with Crippen LogP contribution in [0.5, 0.6) is 0 Å². The number of carbonyl (C=O) groups excluding carboxylic acids is 2. The van der Waals surface area contributed by atoms with Crippen LogP contribution in [0, 0.1) is 5.92 Å². The molecule has 9 heteroatoms. The topological polar surface area (TPSA) is 78.0 Å². The number of hydrogen-bond acceptors (Lipinski definition) is 5. The number of amides is 2. The first-order chi connectivity index (χ1) is 16.9. The van der Waals surface area contributed by atoms with Crippen molar-refractivity contribution in [3.05, 3.63) is 54.2 Å². The van der Waals surface area contributed by atoms with Crippen molar-refractivity contribution in [2.24, 2.45) is 5.92 Å². The number of hydrogen-bond donors (Lipinski definition) is 0.